The zero-order valence-corrected chi connectivity index (χ0v) is 10.3. The van der Waals surface area contributed by atoms with Crippen LogP contribution in [0.4, 0.5) is 5.82 Å². The highest BCUT2D eigenvalue weighted by Crippen LogP contribution is 2.02. The van der Waals surface area contributed by atoms with Gasteiger partial charge in [0.15, 0.2) is 5.69 Å². The summed E-state index contributed by atoms with van der Waals surface area (Å²) in [4.78, 5) is 19.4. The number of methoxy groups -OCH3 is 1. The minimum absolute atomic E-state index is 0.154. The first-order valence-electron chi connectivity index (χ1n) is 5.42. The Morgan fingerprint density at radius 1 is 1.56 bits per heavy atom. The number of nitriles is 1. The minimum atomic E-state index is -0.441. The van der Waals surface area contributed by atoms with Gasteiger partial charge in [-0.05, 0) is 6.92 Å². The molecule has 0 radical (unpaired) electrons. The maximum atomic E-state index is 11.6. The number of carbonyl (C=O) groups excluding carboxylic acids is 1. The first kappa shape index (κ1) is 13.9. The van der Waals surface area contributed by atoms with Crippen molar-refractivity contribution >= 4 is 11.7 Å². The van der Waals surface area contributed by atoms with E-state index >= 15 is 0 Å². The second-order valence-electron chi connectivity index (χ2n) is 3.55. The lowest BCUT2D eigenvalue weighted by molar-refractivity contribution is -0.121. The summed E-state index contributed by atoms with van der Waals surface area (Å²) in [5.74, 6) is 0.293. The van der Waals surface area contributed by atoms with Gasteiger partial charge in [-0.1, -0.05) is 0 Å². The third kappa shape index (κ3) is 4.35. The molecule has 2 N–H and O–H groups in total. The minimum Gasteiger partial charge on any atom is -0.383 e. The summed E-state index contributed by atoms with van der Waals surface area (Å²) in [5, 5.41) is 14.2. The van der Waals surface area contributed by atoms with Crippen LogP contribution >= 0.6 is 0 Å². The van der Waals surface area contributed by atoms with E-state index in [1.807, 2.05) is 6.07 Å². The van der Waals surface area contributed by atoms with Gasteiger partial charge in [0.25, 0.3) is 0 Å². The van der Waals surface area contributed by atoms with Crippen molar-refractivity contribution in [3.8, 4) is 6.07 Å². The molecule has 18 heavy (non-hydrogen) atoms. The zero-order valence-electron chi connectivity index (χ0n) is 10.3. The Morgan fingerprint density at radius 3 is 2.89 bits per heavy atom. The van der Waals surface area contributed by atoms with E-state index in [1.165, 1.54) is 12.4 Å². The smallest absolute Gasteiger partial charge is 0.242 e. The zero-order chi connectivity index (χ0) is 13.4. The summed E-state index contributed by atoms with van der Waals surface area (Å²) in [6, 6.07) is 1.43. The molecule has 0 aliphatic carbocycles. The van der Waals surface area contributed by atoms with Gasteiger partial charge in [0, 0.05) is 13.7 Å². The molecule has 0 saturated heterocycles. The molecule has 1 atom stereocenters. The standard InChI is InChI=1S/C11H15N5O2/c1-8(11(17)13-3-4-18-2)16-10-7-14-9(5-12)6-15-10/h6-8H,3-4H2,1-2H3,(H,13,17)(H,15,16). The number of rotatable bonds is 6. The highest BCUT2D eigenvalue weighted by Gasteiger charge is 2.12. The Balaban J connectivity index is 2.45. The highest BCUT2D eigenvalue weighted by atomic mass is 16.5. The molecule has 1 heterocycles. The molecule has 7 nitrogen and oxygen atoms in total. The van der Waals surface area contributed by atoms with Gasteiger partial charge in [-0.2, -0.15) is 5.26 Å². The maximum absolute atomic E-state index is 11.6. The summed E-state index contributed by atoms with van der Waals surface area (Å²) in [6.07, 6.45) is 2.76. The monoisotopic (exact) mass is 249 g/mol. The molecular formula is C11H15N5O2. The molecule has 1 amide bonds. The van der Waals surface area contributed by atoms with Gasteiger partial charge in [-0.15, -0.1) is 0 Å². The van der Waals surface area contributed by atoms with Crippen LogP contribution in [0.2, 0.25) is 0 Å². The van der Waals surface area contributed by atoms with E-state index in [4.69, 9.17) is 10.00 Å². The van der Waals surface area contributed by atoms with Gasteiger partial charge in [0.2, 0.25) is 5.91 Å². The Kier molecular flexibility index (Phi) is 5.54. The number of hydrogen-bond acceptors (Lipinski definition) is 6. The SMILES string of the molecule is COCCNC(=O)C(C)Nc1cnc(C#N)cn1. The summed E-state index contributed by atoms with van der Waals surface area (Å²) in [5.41, 5.74) is 0.234. The number of hydrogen-bond donors (Lipinski definition) is 2. The molecule has 0 aliphatic heterocycles. The van der Waals surface area contributed by atoms with E-state index in [9.17, 15) is 4.79 Å². The van der Waals surface area contributed by atoms with E-state index in [0.717, 1.165) is 0 Å². The molecule has 0 spiro atoms. The topological polar surface area (TPSA) is 99.9 Å². The van der Waals surface area contributed by atoms with E-state index in [0.29, 0.717) is 19.0 Å². The number of carbonyl (C=O) groups is 1. The maximum Gasteiger partial charge on any atom is 0.242 e. The molecule has 1 unspecified atom stereocenters. The first-order chi connectivity index (χ1) is 8.67. The first-order valence-corrected chi connectivity index (χ1v) is 5.42. The quantitative estimate of drug-likeness (QED) is 0.683. The van der Waals surface area contributed by atoms with Crippen LogP contribution in [0.25, 0.3) is 0 Å². The predicted molar refractivity (Wildman–Crippen MR) is 64.7 cm³/mol. The Hall–Kier alpha value is -2.20. The van der Waals surface area contributed by atoms with Crippen LogP contribution in [0.3, 0.4) is 0 Å². The predicted octanol–water partition coefficient (Wildman–Crippen LogP) is -0.0887. The Bertz CT molecular complexity index is 426. The number of aromatic nitrogens is 2. The second kappa shape index (κ2) is 7.19. The van der Waals surface area contributed by atoms with Crippen molar-refractivity contribution in [3.63, 3.8) is 0 Å². The van der Waals surface area contributed by atoms with Gasteiger partial charge in [-0.25, -0.2) is 9.97 Å². The molecule has 7 heteroatoms. The summed E-state index contributed by atoms with van der Waals surface area (Å²) < 4.78 is 4.83. The summed E-state index contributed by atoms with van der Waals surface area (Å²) in [6.45, 7) is 2.64. The lowest BCUT2D eigenvalue weighted by Crippen LogP contribution is -2.39. The average Bonchev–Trinajstić information content (AvgIpc) is 2.39. The third-order valence-electron chi connectivity index (χ3n) is 2.13. The number of anilines is 1. The molecule has 0 bridgehead atoms. The molecule has 1 rings (SSSR count). The molecule has 1 aromatic rings. The van der Waals surface area contributed by atoms with Crippen LogP contribution in [-0.4, -0.2) is 42.2 Å². The van der Waals surface area contributed by atoms with Gasteiger partial charge < -0.3 is 15.4 Å². The van der Waals surface area contributed by atoms with Gasteiger partial charge in [-0.3, -0.25) is 4.79 Å². The van der Waals surface area contributed by atoms with Crippen LogP contribution in [0, 0.1) is 11.3 Å². The van der Waals surface area contributed by atoms with Gasteiger partial charge >= 0.3 is 0 Å². The Morgan fingerprint density at radius 2 is 2.33 bits per heavy atom. The fourth-order valence-corrected chi connectivity index (χ4v) is 1.18. The van der Waals surface area contributed by atoms with Crippen molar-refractivity contribution in [2.75, 3.05) is 25.6 Å². The van der Waals surface area contributed by atoms with Crippen molar-refractivity contribution in [3.05, 3.63) is 18.1 Å². The molecule has 0 saturated carbocycles. The fourth-order valence-electron chi connectivity index (χ4n) is 1.18. The average molecular weight is 249 g/mol. The van der Waals surface area contributed by atoms with E-state index in [1.54, 1.807) is 14.0 Å². The van der Waals surface area contributed by atoms with Crippen LogP contribution in [-0.2, 0) is 9.53 Å². The van der Waals surface area contributed by atoms with Gasteiger partial charge in [0.1, 0.15) is 17.9 Å². The van der Waals surface area contributed by atoms with Crippen molar-refractivity contribution in [1.82, 2.24) is 15.3 Å². The van der Waals surface area contributed by atoms with Crippen molar-refractivity contribution in [2.45, 2.75) is 13.0 Å². The van der Waals surface area contributed by atoms with Crippen LogP contribution in [0.1, 0.15) is 12.6 Å². The molecule has 1 aromatic heterocycles. The number of ether oxygens (including phenoxy) is 1. The normalized spacial score (nSPS) is 11.4. The van der Waals surface area contributed by atoms with E-state index in [-0.39, 0.29) is 11.6 Å². The third-order valence-corrected chi connectivity index (χ3v) is 2.13. The van der Waals surface area contributed by atoms with E-state index in [2.05, 4.69) is 20.6 Å². The summed E-state index contributed by atoms with van der Waals surface area (Å²) >= 11 is 0. The number of amides is 1. The Labute approximate surface area is 105 Å². The molecule has 96 valence electrons. The van der Waals surface area contributed by atoms with E-state index < -0.39 is 6.04 Å². The fraction of sp³-hybridized carbons (Fsp3) is 0.455. The number of nitrogens with one attached hydrogen (secondary N) is 2. The lowest BCUT2D eigenvalue weighted by atomic mass is 10.3. The second-order valence-corrected chi connectivity index (χ2v) is 3.55. The molecular weight excluding hydrogens is 234 g/mol. The van der Waals surface area contributed by atoms with Gasteiger partial charge in [0.05, 0.1) is 19.0 Å². The lowest BCUT2D eigenvalue weighted by Gasteiger charge is -2.13. The van der Waals surface area contributed by atoms with Crippen LogP contribution in [0.15, 0.2) is 12.4 Å². The molecule has 0 aliphatic rings. The van der Waals surface area contributed by atoms with Crippen molar-refractivity contribution in [2.24, 2.45) is 0 Å². The number of nitrogens with zero attached hydrogens (tertiary/aromatic N) is 3. The molecule has 0 fully saturated rings. The van der Waals surface area contributed by atoms with Crippen molar-refractivity contribution < 1.29 is 9.53 Å². The summed E-state index contributed by atoms with van der Waals surface area (Å²) in [7, 11) is 1.57. The van der Waals surface area contributed by atoms with Crippen LogP contribution < -0.4 is 10.6 Å². The van der Waals surface area contributed by atoms with Crippen molar-refractivity contribution in [1.29, 1.82) is 5.26 Å². The molecule has 0 aromatic carbocycles. The van der Waals surface area contributed by atoms with Crippen LogP contribution in [0.5, 0.6) is 0 Å². The highest BCUT2D eigenvalue weighted by molar-refractivity contribution is 5.83. The largest absolute Gasteiger partial charge is 0.383 e.